The van der Waals surface area contributed by atoms with Gasteiger partial charge in [0.1, 0.15) is 0 Å². The first kappa shape index (κ1) is 12.4. The smallest absolute Gasteiger partial charge is 0.240 e. The first-order chi connectivity index (χ1) is 6.90. The maximum atomic E-state index is 11.6. The van der Waals surface area contributed by atoms with E-state index in [0.717, 1.165) is 32.2 Å². The van der Waals surface area contributed by atoms with Crippen LogP contribution in [-0.4, -0.2) is 51.2 Å². The minimum Gasteiger partial charge on any atom is -0.341 e. The molecule has 1 heterocycles. The number of carbonyl (C=O) groups excluding carboxylic acids is 1. The summed E-state index contributed by atoms with van der Waals surface area (Å²) < 4.78 is 23.8. The van der Waals surface area contributed by atoms with Gasteiger partial charge in [-0.15, -0.1) is 0 Å². The van der Waals surface area contributed by atoms with Crippen LogP contribution in [0.25, 0.3) is 0 Å². The van der Waals surface area contributed by atoms with E-state index in [2.05, 4.69) is 4.72 Å². The lowest BCUT2D eigenvalue weighted by molar-refractivity contribution is -0.131. The maximum absolute atomic E-state index is 11.6. The van der Waals surface area contributed by atoms with Gasteiger partial charge in [0, 0.05) is 19.6 Å². The van der Waals surface area contributed by atoms with Crippen molar-refractivity contribution in [3.8, 4) is 0 Å². The molecule has 0 spiro atoms. The van der Waals surface area contributed by atoms with Gasteiger partial charge in [-0.25, -0.2) is 13.1 Å². The molecule has 1 rings (SSSR count). The number of nitrogens with one attached hydrogen (secondary N) is 1. The fourth-order valence-electron chi connectivity index (χ4n) is 1.50. The highest BCUT2D eigenvalue weighted by Crippen LogP contribution is 2.08. The largest absolute Gasteiger partial charge is 0.341 e. The van der Waals surface area contributed by atoms with E-state index in [0.29, 0.717) is 0 Å². The highest BCUT2D eigenvalue weighted by molar-refractivity contribution is 7.88. The highest BCUT2D eigenvalue weighted by Gasteiger charge is 2.23. The predicted molar refractivity (Wildman–Crippen MR) is 56.6 cm³/mol. The SMILES string of the molecule is CS(=O)(=O)NC[C@H](N)C(=O)N1CCCC1. The monoisotopic (exact) mass is 235 g/mol. The number of hydrogen-bond acceptors (Lipinski definition) is 4. The Morgan fingerprint density at radius 2 is 2.00 bits per heavy atom. The van der Waals surface area contributed by atoms with Crippen molar-refractivity contribution < 1.29 is 13.2 Å². The van der Waals surface area contributed by atoms with E-state index in [-0.39, 0.29) is 12.5 Å². The number of nitrogens with zero attached hydrogens (tertiary/aromatic N) is 1. The molecule has 0 aliphatic carbocycles. The quantitative estimate of drug-likeness (QED) is 0.619. The third-order valence-corrected chi connectivity index (χ3v) is 2.99. The molecule has 1 saturated heterocycles. The van der Waals surface area contributed by atoms with Gasteiger partial charge in [0.05, 0.1) is 12.3 Å². The maximum Gasteiger partial charge on any atom is 0.240 e. The molecule has 0 unspecified atom stereocenters. The minimum absolute atomic E-state index is 0.0336. The van der Waals surface area contributed by atoms with Gasteiger partial charge >= 0.3 is 0 Å². The van der Waals surface area contributed by atoms with Crippen molar-refractivity contribution >= 4 is 15.9 Å². The molecule has 0 aromatic carbocycles. The van der Waals surface area contributed by atoms with Crippen LogP contribution in [0.2, 0.25) is 0 Å². The average Bonchev–Trinajstić information content (AvgIpc) is 2.64. The normalized spacial score (nSPS) is 19.2. The van der Waals surface area contributed by atoms with Gasteiger partial charge in [0.2, 0.25) is 15.9 Å². The summed E-state index contributed by atoms with van der Waals surface area (Å²) in [6.45, 7) is 1.42. The molecule has 1 aliphatic heterocycles. The Hall–Kier alpha value is -0.660. The summed E-state index contributed by atoms with van der Waals surface area (Å²) in [4.78, 5) is 13.3. The van der Waals surface area contributed by atoms with E-state index in [9.17, 15) is 13.2 Å². The van der Waals surface area contributed by atoms with Crippen LogP contribution >= 0.6 is 0 Å². The fraction of sp³-hybridized carbons (Fsp3) is 0.875. The Bertz CT molecular complexity index is 322. The van der Waals surface area contributed by atoms with Gasteiger partial charge in [0.25, 0.3) is 0 Å². The number of likely N-dealkylation sites (tertiary alicyclic amines) is 1. The molecular formula is C8H17N3O3S. The molecule has 1 atom stereocenters. The minimum atomic E-state index is -3.28. The van der Waals surface area contributed by atoms with Crippen LogP contribution in [0.15, 0.2) is 0 Å². The number of carbonyl (C=O) groups is 1. The first-order valence-electron chi connectivity index (χ1n) is 4.89. The Labute approximate surface area is 89.9 Å². The fourth-order valence-corrected chi connectivity index (χ4v) is 1.98. The molecule has 0 aromatic heterocycles. The Morgan fingerprint density at radius 1 is 1.47 bits per heavy atom. The predicted octanol–water partition coefficient (Wildman–Crippen LogP) is -1.51. The molecule has 1 amide bonds. The van der Waals surface area contributed by atoms with Crippen molar-refractivity contribution in [2.75, 3.05) is 25.9 Å². The lowest BCUT2D eigenvalue weighted by atomic mass is 10.3. The Morgan fingerprint density at radius 3 is 2.47 bits per heavy atom. The van der Waals surface area contributed by atoms with Crippen molar-refractivity contribution in [3.63, 3.8) is 0 Å². The zero-order valence-corrected chi connectivity index (χ0v) is 9.59. The number of hydrogen-bond donors (Lipinski definition) is 2. The van der Waals surface area contributed by atoms with E-state index in [1.807, 2.05) is 0 Å². The number of nitrogens with two attached hydrogens (primary N) is 1. The number of rotatable bonds is 4. The van der Waals surface area contributed by atoms with Crippen LogP contribution in [0.5, 0.6) is 0 Å². The second-order valence-corrected chi connectivity index (χ2v) is 5.59. The van der Waals surface area contributed by atoms with Crippen molar-refractivity contribution in [2.45, 2.75) is 18.9 Å². The van der Waals surface area contributed by atoms with Gasteiger partial charge in [-0.1, -0.05) is 0 Å². The average molecular weight is 235 g/mol. The first-order valence-corrected chi connectivity index (χ1v) is 6.78. The van der Waals surface area contributed by atoms with Crippen LogP contribution < -0.4 is 10.5 Å². The molecule has 3 N–H and O–H groups in total. The molecule has 7 heteroatoms. The summed E-state index contributed by atoms with van der Waals surface area (Å²) in [6, 6.07) is -0.780. The third-order valence-electron chi connectivity index (χ3n) is 2.30. The van der Waals surface area contributed by atoms with Crippen LogP contribution in [0.1, 0.15) is 12.8 Å². The van der Waals surface area contributed by atoms with Crippen molar-refractivity contribution in [3.05, 3.63) is 0 Å². The van der Waals surface area contributed by atoms with E-state index in [1.54, 1.807) is 4.90 Å². The van der Waals surface area contributed by atoms with E-state index < -0.39 is 16.1 Å². The number of sulfonamides is 1. The second-order valence-electron chi connectivity index (χ2n) is 3.76. The topological polar surface area (TPSA) is 92.5 Å². The van der Waals surface area contributed by atoms with Crippen LogP contribution in [-0.2, 0) is 14.8 Å². The van der Waals surface area contributed by atoms with Crippen LogP contribution in [0.3, 0.4) is 0 Å². The van der Waals surface area contributed by atoms with Crippen LogP contribution in [0.4, 0.5) is 0 Å². The summed E-state index contributed by atoms with van der Waals surface area (Å²) in [6.07, 6.45) is 3.04. The zero-order chi connectivity index (χ0) is 11.5. The molecule has 88 valence electrons. The molecule has 0 aromatic rings. The van der Waals surface area contributed by atoms with Crippen molar-refractivity contribution in [1.29, 1.82) is 0 Å². The number of amides is 1. The van der Waals surface area contributed by atoms with Crippen molar-refractivity contribution in [2.24, 2.45) is 5.73 Å². The summed E-state index contributed by atoms with van der Waals surface area (Å²) >= 11 is 0. The molecular weight excluding hydrogens is 218 g/mol. The summed E-state index contributed by atoms with van der Waals surface area (Å²) in [5.41, 5.74) is 5.59. The third kappa shape index (κ3) is 4.15. The molecule has 0 radical (unpaired) electrons. The van der Waals surface area contributed by atoms with Gasteiger partial charge in [-0.3, -0.25) is 4.79 Å². The van der Waals surface area contributed by atoms with E-state index in [1.165, 1.54) is 0 Å². The summed E-state index contributed by atoms with van der Waals surface area (Å²) in [7, 11) is -3.28. The Kier molecular flexibility index (Phi) is 4.06. The van der Waals surface area contributed by atoms with Crippen molar-refractivity contribution in [1.82, 2.24) is 9.62 Å². The van der Waals surface area contributed by atoms with Gasteiger partial charge < -0.3 is 10.6 Å². The van der Waals surface area contributed by atoms with Gasteiger partial charge in [-0.05, 0) is 12.8 Å². The van der Waals surface area contributed by atoms with E-state index in [4.69, 9.17) is 5.73 Å². The summed E-state index contributed by atoms with van der Waals surface area (Å²) in [5, 5.41) is 0. The second kappa shape index (κ2) is 4.91. The van der Waals surface area contributed by atoms with E-state index >= 15 is 0 Å². The zero-order valence-electron chi connectivity index (χ0n) is 8.77. The highest BCUT2D eigenvalue weighted by atomic mass is 32.2. The molecule has 1 fully saturated rings. The van der Waals surface area contributed by atoms with Gasteiger partial charge in [0.15, 0.2) is 0 Å². The van der Waals surface area contributed by atoms with Crippen LogP contribution in [0, 0.1) is 0 Å². The summed E-state index contributed by atoms with van der Waals surface area (Å²) in [5.74, 6) is -0.177. The molecule has 15 heavy (non-hydrogen) atoms. The molecule has 1 aliphatic rings. The van der Waals surface area contributed by atoms with Gasteiger partial charge in [-0.2, -0.15) is 0 Å². The lowest BCUT2D eigenvalue weighted by Crippen LogP contribution is -2.48. The molecule has 6 nitrogen and oxygen atoms in total. The molecule has 0 bridgehead atoms. The Balaban J connectivity index is 2.39. The molecule has 0 saturated carbocycles. The standard InChI is InChI=1S/C8H17N3O3S/c1-15(13,14)10-6-7(9)8(12)11-4-2-3-5-11/h7,10H,2-6,9H2,1H3/t7-/m0/s1. The lowest BCUT2D eigenvalue weighted by Gasteiger charge is -2.19.